The van der Waals surface area contributed by atoms with Gasteiger partial charge in [-0.05, 0) is 38.2 Å². The largest absolute Gasteiger partial charge is 0.480 e. The van der Waals surface area contributed by atoms with Crippen molar-refractivity contribution >= 4 is 5.91 Å². The van der Waals surface area contributed by atoms with Crippen molar-refractivity contribution in [3.05, 3.63) is 17.8 Å². The van der Waals surface area contributed by atoms with Gasteiger partial charge >= 0.3 is 0 Å². The summed E-state index contributed by atoms with van der Waals surface area (Å²) in [7, 11) is 1.54. The van der Waals surface area contributed by atoms with Gasteiger partial charge in [-0.15, -0.1) is 10.2 Å². The van der Waals surface area contributed by atoms with Crippen LogP contribution in [0.2, 0.25) is 0 Å². The molecular weight excluding hydrogens is 254 g/mol. The zero-order chi connectivity index (χ0) is 14.1. The highest BCUT2D eigenvalue weighted by Crippen LogP contribution is 2.40. The molecule has 2 aliphatic rings. The average Bonchev–Trinajstić information content (AvgIpc) is 2.82. The van der Waals surface area contributed by atoms with Gasteiger partial charge in [0.05, 0.1) is 7.11 Å². The summed E-state index contributed by atoms with van der Waals surface area (Å²) in [4.78, 5) is 14.7. The van der Waals surface area contributed by atoms with Crippen molar-refractivity contribution in [3.63, 3.8) is 0 Å². The lowest BCUT2D eigenvalue weighted by Gasteiger charge is -2.32. The zero-order valence-electron chi connectivity index (χ0n) is 12.1. The van der Waals surface area contributed by atoms with E-state index in [1.807, 2.05) is 4.90 Å². The highest BCUT2D eigenvalue weighted by atomic mass is 16.5. The van der Waals surface area contributed by atoms with E-state index in [-0.39, 0.29) is 5.91 Å². The van der Waals surface area contributed by atoms with Crippen LogP contribution in [-0.4, -0.2) is 40.2 Å². The van der Waals surface area contributed by atoms with Gasteiger partial charge in [0, 0.05) is 18.2 Å². The van der Waals surface area contributed by atoms with Crippen molar-refractivity contribution in [2.24, 2.45) is 5.92 Å². The lowest BCUT2D eigenvalue weighted by molar-refractivity contribution is 0.0626. The maximum absolute atomic E-state index is 12.7. The van der Waals surface area contributed by atoms with Crippen LogP contribution in [0, 0.1) is 5.92 Å². The molecule has 3 rings (SSSR count). The van der Waals surface area contributed by atoms with E-state index in [1.165, 1.54) is 19.3 Å². The average molecular weight is 275 g/mol. The molecule has 0 aromatic carbocycles. The van der Waals surface area contributed by atoms with Gasteiger partial charge in [0.2, 0.25) is 5.88 Å². The fourth-order valence-electron chi connectivity index (χ4n) is 3.73. The van der Waals surface area contributed by atoms with Crippen molar-refractivity contribution in [3.8, 4) is 5.88 Å². The summed E-state index contributed by atoms with van der Waals surface area (Å²) in [5.41, 5.74) is 0.420. The second kappa shape index (κ2) is 5.38. The second-order valence-corrected chi connectivity index (χ2v) is 5.87. The van der Waals surface area contributed by atoms with Crippen LogP contribution in [-0.2, 0) is 0 Å². The number of ether oxygens (including phenoxy) is 1. The summed E-state index contributed by atoms with van der Waals surface area (Å²) in [5.74, 6) is 1.13. The van der Waals surface area contributed by atoms with Crippen molar-refractivity contribution < 1.29 is 9.53 Å². The smallest absolute Gasteiger partial charge is 0.274 e. The summed E-state index contributed by atoms with van der Waals surface area (Å²) in [6.45, 7) is 2.15. The fraction of sp³-hybridized carbons (Fsp3) is 0.667. The van der Waals surface area contributed by atoms with Crippen LogP contribution in [0.1, 0.15) is 49.5 Å². The minimum Gasteiger partial charge on any atom is -0.480 e. The monoisotopic (exact) mass is 275 g/mol. The highest BCUT2D eigenvalue weighted by Gasteiger charge is 2.43. The first-order valence-corrected chi connectivity index (χ1v) is 7.41. The van der Waals surface area contributed by atoms with Crippen molar-refractivity contribution in [1.29, 1.82) is 0 Å². The number of methoxy groups -OCH3 is 1. The molecule has 108 valence electrons. The van der Waals surface area contributed by atoms with Crippen molar-refractivity contribution in [1.82, 2.24) is 15.1 Å². The normalized spacial score (nSPS) is 29.1. The first-order valence-electron chi connectivity index (χ1n) is 7.41. The van der Waals surface area contributed by atoms with Crippen LogP contribution in [0.5, 0.6) is 5.88 Å². The van der Waals surface area contributed by atoms with Gasteiger partial charge in [0.1, 0.15) is 0 Å². The molecule has 0 bridgehead atoms. The third kappa shape index (κ3) is 2.25. The molecule has 20 heavy (non-hydrogen) atoms. The molecule has 1 saturated carbocycles. The first kappa shape index (κ1) is 13.3. The Hall–Kier alpha value is -1.65. The predicted molar refractivity (Wildman–Crippen MR) is 74.6 cm³/mol. The highest BCUT2D eigenvalue weighted by molar-refractivity contribution is 5.92. The van der Waals surface area contributed by atoms with E-state index in [2.05, 4.69) is 17.1 Å². The molecule has 1 aliphatic heterocycles. The number of hydrogen-bond acceptors (Lipinski definition) is 4. The van der Waals surface area contributed by atoms with Crippen molar-refractivity contribution in [2.75, 3.05) is 7.11 Å². The van der Waals surface area contributed by atoms with E-state index in [1.54, 1.807) is 19.2 Å². The molecule has 2 fully saturated rings. The number of amides is 1. The molecule has 3 unspecified atom stereocenters. The second-order valence-electron chi connectivity index (χ2n) is 5.87. The van der Waals surface area contributed by atoms with Gasteiger partial charge in [0.25, 0.3) is 5.91 Å². The summed E-state index contributed by atoms with van der Waals surface area (Å²) in [6, 6.07) is 4.10. The predicted octanol–water partition coefficient (Wildman–Crippen LogP) is 2.28. The van der Waals surface area contributed by atoms with E-state index < -0.39 is 0 Å². The Morgan fingerprint density at radius 3 is 2.80 bits per heavy atom. The first-order chi connectivity index (χ1) is 9.70. The Labute approximate surface area is 119 Å². The Bertz CT molecular complexity index is 488. The summed E-state index contributed by atoms with van der Waals surface area (Å²) in [5, 5.41) is 7.90. The maximum Gasteiger partial charge on any atom is 0.274 e. The van der Waals surface area contributed by atoms with Crippen LogP contribution in [0.3, 0.4) is 0 Å². The number of carbonyl (C=O) groups is 1. The van der Waals surface area contributed by atoms with E-state index in [0.717, 1.165) is 12.8 Å². The molecule has 5 nitrogen and oxygen atoms in total. The van der Waals surface area contributed by atoms with Gasteiger partial charge in [-0.25, -0.2) is 0 Å². The van der Waals surface area contributed by atoms with Gasteiger partial charge in [-0.3, -0.25) is 4.79 Å². The topological polar surface area (TPSA) is 55.3 Å². The quantitative estimate of drug-likeness (QED) is 0.831. The number of aromatic nitrogens is 2. The number of carbonyl (C=O) groups excluding carboxylic acids is 1. The molecule has 0 spiro atoms. The van der Waals surface area contributed by atoms with Crippen LogP contribution >= 0.6 is 0 Å². The molecule has 2 heterocycles. The standard InChI is InChI=1S/C15H21N3O2/c1-10-9-11-5-3-4-6-13(11)18(10)15(19)12-7-8-14(20-2)17-16-12/h7-8,10-11,13H,3-6,9H2,1-2H3. The van der Waals surface area contributed by atoms with Crippen LogP contribution in [0.15, 0.2) is 12.1 Å². The Morgan fingerprint density at radius 2 is 2.10 bits per heavy atom. The third-order valence-electron chi connectivity index (χ3n) is 4.65. The van der Waals surface area contributed by atoms with Gasteiger partial charge in [0.15, 0.2) is 5.69 Å². The number of nitrogens with zero attached hydrogens (tertiary/aromatic N) is 3. The lowest BCUT2D eigenvalue weighted by Crippen LogP contribution is -2.42. The molecule has 1 saturated heterocycles. The maximum atomic E-state index is 12.7. The van der Waals surface area contributed by atoms with E-state index in [4.69, 9.17) is 4.74 Å². The van der Waals surface area contributed by atoms with E-state index >= 15 is 0 Å². The summed E-state index contributed by atoms with van der Waals surface area (Å²) >= 11 is 0. The Morgan fingerprint density at radius 1 is 1.30 bits per heavy atom. The fourth-order valence-corrected chi connectivity index (χ4v) is 3.73. The van der Waals surface area contributed by atoms with E-state index in [0.29, 0.717) is 29.6 Å². The summed E-state index contributed by atoms with van der Waals surface area (Å²) < 4.78 is 4.98. The number of rotatable bonds is 2. The molecule has 0 N–H and O–H groups in total. The molecule has 1 aromatic rings. The molecule has 1 aromatic heterocycles. The molecular formula is C15H21N3O2. The minimum absolute atomic E-state index is 0.0158. The number of likely N-dealkylation sites (tertiary alicyclic amines) is 1. The lowest BCUT2D eigenvalue weighted by atomic mass is 9.85. The number of hydrogen-bond donors (Lipinski definition) is 0. The molecule has 1 aliphatic carbocycles. The Kier molecular flexibility index (Phi) is 3.59. The SMILES string of the molecule is COc1ccc(C(=O)N2C(C)CC3CCCCC32)nn1. The van der Waals surface area contributed by atoms with Gasteiger partial charge in [-0.1, -0.05) is 12.8 Å². The molecule has 5 heteroatoms. The molecule has 3 atom stereocenters. The number of fused-ring (bicyclic) bond motifs is 1. The molecule has 1 amide bonds. The zero-order valence-corrected chi connectivity index (χ0v) is 12.1. The van der Waals surface area contributed by atoms with Crippen LogP contribution < -0.4 is 4.74 Å². The minimum atomic E-state index is 0.0158. The Balaban J connectivity index is 1.81. The van der Waals surface area contributed by atoms with Crippen molar-refractivity contribution in [2.45, 2.75) is 51.1 Å². The van der Waals surface area contributed by atoms with Gasteiger partial charge in [-0.2, -0.15) is 0 Å². The third-order valence-corrected chi connectivity index (χ3v) is 4.65. The van der Waals surface area contributed by atoms with Crippen LogP contribution in [0.25, 0.3) is 0 Å². The van der Waals surface area contributed by atoms with Gasteiger partial charge < -0.3 is 9.64 Å². The summed E-state index contributed by atoms with van der Waals surface area (Å²) in [6.07, 6.45) is 6.04. The molecule has 0 radical (unpaired) electrons. The van der Waals surface area contributed by atoms with E-state index in [9.17, 15) is 4.79 Å². The van der Waals surface area contributed by atoms with Crippen LogP contribution in [0.4, 0.5) is 0 Å².